The van der Waals surface area contributed by atoms with E-state index in [9.17, 15) is 4.79 Å². The number of aromatic nitrogens is 1. The molecule has 0 bridgehead atoms. The van der Waals surface area contributed by atoms with Crippen LogP contribution in [-0.2, 0) is 16.1 Å². The normalized spacial score (nSPS) is 15.0. The second-order valence-corrected chi connectivity index (χ2v) is 7.77. The van der Waals surface area contributed by atoms with Crippen molar-refractivity contribution in [3.63, 3.8) is 0 Å². The highest BCUT2D eigenvalue weighted by Gasteiger charge is 2.14. The lowest BCUT2D eigenvalue weighted by atomic mass is 10.2. The first-order chi connectivity index (χ1) is 14.1. The highest BCUT2D eigenvalue weighted by molar-refractivity contribution is 6.34. The number of carbonyl (C=O) groups is 1. The summed E-state index contributed by atoms with van der Waals surface area (Å²) in [6.07, 6.45) is 7.68. The van der Waals surface area contributed by atoms with E-state index in [4.69, 9.17) is 27.9 Å². The van der Waals surface area contributed by atoms with Crippen molar-refractivity contribution in [2.75, 3.05) is 39.4 Å². The molecular weight excluding hydrogens is 409 g/mol. The number of ether oxygens (including phenoxy) is 1. The van der Waals surface area contributed by atoms with Crippen molar-refractivity contribution >= 4 is 35.2 Å². The molecule has 1 fully saturated rings. The first kappa shape index (κ1) is 21.8. The van der Waals surface area contributed by atoms with E-state index >= 15 is 0 Å². The molecule has 7 heteroatoms. The predicted octanol–water partition coefficient (Wildman–Crippen LogP) is 4.15. The summed E-state index contributed by atoms with van der Waals surface area (Å²) in [6, 6.07) is 9.06. The minimum absolute atomic E-state index is 0.0557. The summed E-state index contributed by atoms with van der Waals surface area (Å²) in [7, 11) is 0. The summed E-state index contributed by atoms with van der Waals surface area (Å²) in [6.45, 7) is 5.63. The first-order valence-corrected chi connectivity index (χ1v) is 10.5. The Morgan fingerprint density at radius 3 is 2.69 bits per heavy atom. The van der Waals surface area contributed by atoms with Crippen LogP contribution in [0.3, 0.4) is 0 Å². The smallest absolute Gasteiger partial charge is 0.246 e. The topological polar surface area (TPSA) is 45.7 Å². The lowest BCUT2D eigenvalue weighted by Gasteiger charge is -2.28. The predicted molar refractivity (Wildman–Crippen MR) is 117 cm³/mol. The second kappa shape index (κ2) is 11.3. The van der Waals surface area contributed by atoms with E-state index in [-0.39, 0.29) is 5.91 Å². The fourth-order valence-corrected chi connectivity index (χ4v) is 3.56. The van der Waals surface area contributed by atoms with E-state index in [0.717, 1.165) is 50.4 Å². The number of rotatable bonds is 8. The zero-order chi connectivity index (χ0) is 20.5. The molecule has 0 unspecified atom stereocenters. The Hall–Kier alpha value is -1.92. The van der Waals surface area contributed by atoms with Crippen LogP contribution in [-0.4, -0.2) is 60.1 Å². The molecule has 2 aromatic rings. The monoisotopic (exact) mass is 433 g/mol. The van der Waals surface area contributed by atoms with Crippen LogP contribution < -0.4 is 0 Å². The highest BCUT2D eigenvalue weighted by Crippen LogP contribution is 2.22. The van der Waals surface area contributed by atoms with Crippen molar-refractivity contribution in [1.29, 1.82) is 0 Å². The Kier molecular flexibility index (Phi) is 8.50. The van der Waals surface area contributed by atoms with Crippen molar-refractivity contribution in [2.45, 2.75) is 13.0 Å². The van der Waals surface area contributed by atoms with Crippen molar-refractivity contribution in [3.05, 3.63) is 70.0 Å². The van der Waals surface area contributed by atoms with Gasteiger partial charge in [0.15, 0.2) is 0 Å². The molecule has 1 aliphatic heterocycles. The number of halogens is 2. The highest BCUT2D eigenvalue weighted by atomic mass is 35.5. The van der Waals surface area contributed by atoms with E-state index in [1.165, 1.54) is 0 Å². The molecule has 0 saturated carbocycles. The largest absolute Gasteiger partial charge is 0.379 e. The van der Waals surface area contributed by atoms with Crippen molar-refractivity contribution < 1.29 is 9.53 Å². The van der Waals surface area contributed by atoms with Crippen LogP contribution >= 0.6 is 23.2 Å². The van der Waals surface area contributed by atoms with E-state index < -0.39 is 0 Å². The molecule has 0 radical (unpaired) electrons. The van der Waals surface area contributed by atoms with E-state index in [1.807, 2.05) is 17.0 Å². The molecular formula is C22H25Cl2N3O2. The summed E-state index contributed by atoms with van der Waals surface area (Å²) in [4.78, 5) is 21.2. The fourth-order valence-electron chi connectivity index (χ4n) is 3.19. The van der Waals surface area contributed by atoms with Crippen molar-refractivity contribution in [2.24, 2.45) is 0 Å². The molecule has 0 aliphatic carbocycles. The van der Waals surface area contributed by atoms with Crippen LogP contribution in [0.2, 0.25) is 10.0 Å². The zero-order valence-electron chi connectivity index (χ0n) is 16.3. The van der Waals surface area contributed by atoms with Gasteiger partial charge in [-0.3, -0.25) is 14.7 Å². The van der Waals surface area contributed by atoms with Gasteiger partial charge >= 0.3 is 0 Å². The molecule has 0 atom stereocenters. The number of hydrogen-bond donors (Lipinski definition) is 0. The third-order valence-corrected chi connectivity index (χ3v) is 5.38. The number of pyridine rings is 1. The Balaban J connectivity index is 1.64. The average molecular weight is 434 g/mol. The summed E-state index contributed by atoms with van der Waals surface area (Å²) in [5.74, 6) is -0.0557. The maximum atomic E-state index is 12.9. The first-order valence-electron chi connectivity index (χ1n) is 9.73. The standard InChI is InChI=1S/C22H25Cl2N3O2/c23-20-3-4-21(24)19(16-20)2-5-22(28)27(17-18-6-8-25-9-7-18)11-1-10-26-12-14-29-15-13-26/h2-9,16H,1,10-15,17H2/b5-2+. The molecule has 5 nitrogen and oxygen atoms in total. The summed E-state index contributed by atoms with van der Waals surface area (Å²) in [5, 5.41) is 1.15. The van der Waals surface area contributed by atoms with Gasteiger partial charge in [0, 0.05) is 61.2 Å². The van der Waals surface area contributed by atoms with Gasteiger partial charge in [0.05, 0.1) is 13.2 Å². The van der Waals surface area contributed by atoms with E-state index in [0.29, 0.717) is 23.1 Å². The van der Waals surface area contributed by atoms with Crippen LogP contribution in [0.15, 0.2) is 48.8 Å². The molecule has 1 amide bonds. The molecule has 29 heavy (non-hydrogen) atoms. The Morgan fingerprint density at radius 2 is 1.93 bits per heavy atom. The number of amides is 1. The third kappa shape index (κ3) is 7.12. The van der Waals surface area contributed by atoms with E-state index in [2.05, 4.69) is 9.88 Å². The van der Waals surface area contributed by atoms with Crippen LogP contribution in [0, 0.1) is 0 Å². The molecule has 0 N–H and O–H groups in total. The van der Waals surface area contributed by atoms with Gasteiger partial charge in [0.25, 0.3) is 0 Å². The van der Waals surface area contributed by atoms with Gasteiger partial charge in [0.1, 0.15) is 0 Å². The lowest BCUT2D eigenvalue weighted by molar-refractivity contribution is -0.126. The maximum absolute atomic E-state index is 12.9. The van der Waals surface area contributed by atoms with Crippen LogP contribution in [0.25, 0.3) is 6.08 Å². The fraction of sp³-hybridized carbons (Fsp3) is 0.364. The van der Waals surface area contributed by atoms with Gasteiger partial charge < -0.3 is 9.64 Å². The number of benzene rings is 1. The molecule has 2 heterocycles. The molecule has 3 rings (SSSR count). The number of hydrogen-bond acceptors (Lipinski definition) is 4. The van der Waals surface area contributed by atoms with Crippen molar-refractivity contribution in [3.8, 4) is 0 Å². The molecule has 1 aromatic heterocycles. The molecule has 1 aromatic carbocycles. The Bertz CT molecular complexity index is 824. The quantitative estimate of drug-likeness (QED) is 0.586. The van der Waals surface area contributed by atoms with Crippen LogP contribution in [0.4, 0.5) is 0 Å². The van der Waals surface area contributed by atoms with E-state index in [1.54, 1.807) is 42.7 Å². The molecule has 1 aliphatic rings. The average Bonchev–Trinajstić information content (AvgIpc) is 2.75. The molecule has 1 saturated heterocycles. The number of morpholine rings is 1. The number of nitrogens with zero attached hydrogens (tertiary/aromatic N) is 3. The summed E-state index contributed by atoms with van der Waals surface area (Å²) >= 11 is 12.2. The van der Waals surface area contributed by atoms with Gasteiger partial charge in [-0.1, -0.05) is 23.2 Å². The minimum Gasteiger partial charge on any atom is -0.379 e. The van der Waals surface area contributed by atoms with Crippen LogP contribution in [0.5, 0.6) is 0 Å². The molecule has 0 spiro atoms. The Morgan fingerprint density at radius 1 is 1.17 bits per heavy atom. The second-order valence-electron chi connectivity index (χ2n) is 6.92. The third-order valence-electron chi connectivity index (χ3n) is 4.80. The zero-order valence-corrected chi connectivity index (χ0v) is 17.8. The van der Waals surface area contributed by atoms with Gasteiger partial charge in [-0.25, -0.2) is 0 Å². The Labute approximate surface area is 181 Å². The van der Waals surface area contributed by atoms with Gasteiger partial charge in [0.2, 0.25) is 5.91 Å². The van der Waals surface area contributed by atoms with Gasteiger partial charge in [-0.2, -0.15) is 0 Å². The number of carbonyl (C=O) groups excluding carboxylic acids is 1. The lowest BCUT2D eigenvalue weighted by Crippen LogP contribution is -2.38. The van der Waals surface area contributed by atoms with Crippen LogP contribution in [0.1, 0.15) is 17.5 Å². The summed E-state index contributed by atoms with van der Waals surface area (Å²) in [5.41, 5.74) is 1.78. The SMILES string of the molecule is O=C(/C=C/c1cc(Cl)ccc1Cl)N(CCCN1CCOCC1)Cc1ccncc1. The molecule has 154 valence electrons. The minimum atomic E-state index is -0.0557. The maximum Gasteiger partial charge on any atom is 0.246 e. The summed E-state index contributed by atoms with van der Waals surface area (Å²) < 4.78 is 5.39. The van der Waals surface area contributed by atoms with Gasteiger partial charge in [-0.05, 0) is 54.0 Å². The van der Waals surface area contributed by atoms with Gasteiger partial charge in [-0.15, -0.1) is 0 Å². The van der Waals surface area contributed by atoms with Crippen molar-refractivity contribution in [1.82, 2.24) is 14.8 Å².